The number of aromatic nitrogens is 1. The van der Waals surface area contributed by atoms with Gasteiger partial charge < -0.3 is 9.88 Å². The van der Waals surface area contributed by atoms with Gasteiger partial charge in [0.1, 0.15) is 0 Å². The van der Waals surface area contributed by atoms with E-state index in [0.717, 1.165) is 4.47 Å². The average molecular weight is 354 g/mol. The van der Waals surface area contributed by atoms with Crippen molar-refractivity contribution in [3.63, 3.8) is 0 Å². The lowest BCUT2D eigenvalue weighted by atomic mass is 10.2. The molecule has 0 spiro atoms. The first-order chi connectivity index (χ1) is 9.56. The fourth-order valence-electron chi connectivity index (χ4n) is 1.47. The third-order valence-electron chi connectivity index (χ3n) is 2.47. The van der Waals surface area contributed by atoms with Crippen LogP contribution in [-0.4, -0.2) is 22.9 Å². The minimum Gasteiger partial charge on any atom is -0.343 e. The summed E-state index contributed by atoms with van der Waals surface area (Å²) in [5.74, 6) is -0.684. The quantitative estimate of drug-likeness (QED) is 0.912. The molecule has 0 aliphatic heterocycles. The Balaban J connectivity index is 1.97. The number of nitrogens with zero attached hydrogens (tertiary/aromatic N) is 2. The molecule has 5 nitrogen and oxygen atoms in total. The second-order valence-corrected chi connectivity index (χ2v) is 5.78. The zero-order chi connectivity index (χ0) is 14.5. The van der Waals surface area contributed by atoms with Crippen LogP contribution in [0.1, 0.15) is 10.4 Å². The van der Waals surface area contributed by atoms with Crippen LogP contribution >= 0.6 is 27.3 Å². The number of halogens is 1. The van der Waals surface area contributed by atoms with Gasteiger partial charge in [-0.05, 0) is 18.2 Å². The maximum absolute atomic E-state index is 11.8. The van der Waals surface area contributed by atoms with E-state index in [0.29, 0.717) is 10.4 Å². The predicted octanol–water partition coefficient (Wildman–Crippen LogP) is 1.71. The van der Waals surface area contributed by atoms with Crippen LogP contribution < -0.4 is 10.1 Å². The minimum atomic E-state index is -0.383. The second-order valence-electron chi connectivity index (χ2n) is 4.00. The molecule has 0 atom stereocenters. The number of aryl methyl sites for hydroxylation is 1. The Morgan fingerprint density at radius 1 is 1.45 bits per heavy atom. The van der Waals surface area contributed by atoms with E-state index >= 15 is 0 Å². The lowest BCUT2D eigenvalue weighted by Crippen LogP contribution is -2.29. The minimum absolute atomic E-state index is 0.122. The first-order valence-electron chi connectivity index (χ1n) is 5.78. The van der Waals surface area contributed by atoms with Crippen molar-refractivity contribution in [1.29, 1.82) is 0 Å². The van der Waals surface area contributed by atoms with Crippen molar-refractivity contribution in [1.82, 2.24) is 9.88 Å². The molecule has 1 aromatic heterocycles. The molecule has 0 bridgehead atoms. The summed E-state index contributed by atoms with van der Waals surface area (Å²) in [5, 5.41) is 4.39. The van der Waals surface area contributed by atoms with Crippen molar-refractivity contribution in [3.05, 3.63) is 50.7 Å². The molecule has 2 rings (SSSR count). The molecule has 7 heteroatoms. The number of carbonyl (C=O) groups is 2. The molecule has 20 heavy (non-hydrogen) atoms. The van der Waals surface area contributed by atoms with E-state index in [1.807, 2.05) is 24.7 Å². The van der Waals surface area contributed by atoms with Gasteiger partial charge in [-0.25, -0.2) is 0 Å². The summed E-state index contributed by atoms with van der Waals surface area (Å²) < 4.78 is 2.56. The van der Waals surface area contributed by atoms with E-state index in [2.05, 4.69) is 26.2 Å². The average Bonchev–Trinajstić information content (AvgIpc) is 2.81. The molecule has 0 fully saturated rings. The zero-order valence-corrected chi connectivity index (χ0v) is 13.1. The van der Waals surface area contributed by atoms with Gasteiger partial charge in [-0.1, -0.05) is 22.0 Å². The molecule has 1 aromatic carbocycles. The van der Waals surface area contributed by atoms with Crippen molar-refractivity contribution < 1.29 is 9.59 Å². The molecule has 1 N–H and O–H groups in total. The molecule has 104 valence electrons. The molecule has 0 saturated carbocycles. The molecule has 2 amide bonds. The molecule has 2 aromatic rings. The molecule has 0 aliphatic carbocycles. The first-order valence-corrected chi connectivity index (χ1v) is 7.45. The Hall–Kier alpha value is -1.73. The van der Waals surface area contributed by atoms with Gasteiger partial charge in [0.25, 0.3) is 11.8 Å². The van der Waals surface area contributed by atoms with Crippen molar-refractivity contribution in [2.45, 2.75) is 0 Å². The van der Waals surface area contributed by atoms with Crippen LogP contribution in [0.15, 0.2) is 45.3 Å². The van der Waals surface area contributed by atoms with Crippen molar-refractivity contribution in [2.24, 2.45) is 12.0 Å². The fourth-order valence-corrected chi connectivity index (χ4v) is 2.61. The van der Waals surface area contributed by atoms with Gasteiger partial charge in [-0.2, -0.15) is 4.99 Å². The van der Waals surface area contributed by atoms with E-state index in [1.54, 1.807) is 22.8 Å². The number of hydrogen-bond donors (Lipinski definition) is 1. The summed E-state index contributed by atoms with van der Waals surface area (Å²) in [6.07, 6.45) is 1.82. The predicted molar refractivity (Wildman–Crippen MR) is 80.3 cm³/mol. The van der Waals surface area contributed by atoms with Gasteiger partial charge in [0.2, 0.25) is 0 Å². The summed E-state index contributed by atoms with van der Waals surface area (Å²) in [7, 11) is 1.81. The lowest BCUT2D eigenvalue weighted by Gasteiger charge is -2.02. The first kappa shape index (κ1) is 14.7. The monoisotopic (exact) mass is 353 g/mol. The Bertz CT molecular complexity index is 705. The van der Waals surface area contributed by atoms with Gasteiger partial charge in [0.15, 0.2) is 4.80 Å². The van der Waals surface area contributed by atoms with Gasteiger partial charge in [-0.15, -0.1) is 11.3 Å². The molecule has 0 aliphatic rings. The van der Waals surface area contributed by atoms with E-state index in [4.69, 9.17) is 0 Å². The molecule has 0 radical (unpaired) electrons. The third kappa shape index (κ3) is 3.88. The van der Waals surface area contributed by atoms with E-state index in [1.165, 1.54) is 11.3 Å². The van der Waals surface area contributed by atoms with Crippen molar-refractivity contribution in [3.8, 4) is 0 Å². The largest absolute Gasteiger partial charge is 0.343 e. The molecule has 0 saturated heterocycles. The highest BCUT2D eigenvalue weighted by atomic mass is 79.9. The smallest absolute Gasteiger partial charge is 0.267 e. The van der Waals surface area contributed by atoms with Crippen LogP contribution in [0.25, 0.3) is 0 Å². The van der Waals surface area contributed by atoms with Gasteiger partial charge >= 0.3 is 0 Å². The highest BCUT2D eigenvalue weighted by Crippen LogP contribution is 2.11. The topological polar surface area (TPSA) is 63.5 Å². The lowest BCUT2D eigenvalue weighted by molar-refractivity contribution is -0.117. The summed E-state index contributed by atoms with van der Waals surface area (Å²) in [6, 6.07) is 6.96. The van der Waals surface area contributed by atoms with E-state index in [9.17, 15) is 9.59 Å². The number of nitrogens with one attached hydrogen (secondary N) is 1. The van der Waals surface area contributed by atoms with Crippen LogP contribution in [-0.2, 0) is 11.8 Å². The summed E-state index contributed by atoms with van der Waals surface area (Å²) >= 11 is 4.66. The van der Waals surface area contributed by atoms with Gasteiger partial charge in [0.05, 0.1) is 6.54 Å². The summed E-state index contributed by atoms with van der Waals surface area (Å²) in [5.41, 5.74) is 0.494. The molecule has 1 heterocycles. The third-order valence-corrected chi connectivity index (χ3v) is 3.81. The Morgan fingerprint density at radius 3 is 2.90 bits per heavy atom. The number of rotatable bonds is 3. The van der Waals surface area contributed by atoms with Gasteiger partial charge in [0, 0.05) is 28.7 Å². The zero-order valence-electron chi connectivity index (χ0n) is 10.7. The highest BCUT2D eigenvalue weighted by molar-refractivity contribution is 9.10. The van der Waals surface area contributed by atoms with E-state index < -0.39 is 0 Å². The van der Waals surface area contributed by atoms with Gasteiger partial charge in [-0.3, -0.25) is 9.59 Å². The maximum atomic E-state index is 11.8. The standard InChI is InChI=1S/C13H12BrN3O2S/c1-17-5-6-20-13(17)16-11(18)8-15-12(19)9-3-2-4-10(14)7-9/h2-7H,8H2,1H3,(H,15,19). The second kappa shape index (κ2) is 6.62. The Kier molecular flexibility index (Phi) is 4.86. The number of benzene rings is 1. The van der Waals surface area contributed by atoms with Crippen LogP contribution in [0.5, 0.6) is 0 Å². The SMILES string of the molecule is Cn1ccsc1=NC(=O)CNC(=O)c1cccc(Br)c1. The van der Waals surface area contributed by atoms with Crippen LogP contribution in [0, 0.1) is 0 Å². The number of thiazole rings is 1. The van der Waals surface area contributed by atoms with Crippen LogP contribution in [0.2, 0.25) is 0 Å². The molecule has 0 unspecified atom stereocenters. The molecular weight excluding hydrogens is 342 g/mol. The Labute approximate surface area is 128 Å². The van der Waals surface area contributed by atoms with E-state index in [-0.39, 0.29) is 18.4 Å². The van der Waals surface area contributed by atoms with Crippen LogP contribution in [0.3, 0.4) is 0 Å². The highest BCUT2D eigenvalue weighted by Gasteiger charge is 2.07. The summed E-state index contributed by atoms with van der Waals surface area (Å²) in [6.45, 7) is -0.122. The number of hydrogen-bond acceptors (Lipinski definition) is 3. The fraction of sp³-hybridized carbons (Fsp3) is 0.154. The Morgan fingerprint density at radius 2 is 2.25 bits per heavy atom. The number of amides is 2. The van der Waals surface area contributed by atoms with Crippen molar-refractivity contribution in [2.75, 3.05) is 6.54 Å². The van der Waals surface area contributed by atoms with Crippen molar-refractivity contribution >= 4 is 39.1 Å². The molecular formula is C13H12BrN3O2S. The number of carbonyl (C=O) groups excluding carboxylic acids is 2. The van der Waals surface area contributed by atoms with Crippen LogP contribution in [0.4, 0.5) is 0 Å². The normalized spacial score (nSPS) is 11.4. The summed E-state index contributed by atoms with van der Waals surface area (Å²) in [4.78, 5) is 28.0. The maximum Gasteiger partial charge on any atom is 0.267 e.